The summed E-state index contributed by atoms with van der Waals surface area (Å²) in [7, 11) is 0. The SMILES string of the molecule is c1ccc2cc(-c3nc(-c4ccnc5oc6ccccc6c45)nc(-n4c5ccccc5c5ccc(-c6cccc7c6oc6ccccc67)cc54)n3)ccc2c1. The van der Waals surface area contributed by atoms with E-state index < -0.39 is 0 Å². The smallest absolute Gasteiger partial charge is 0.238 e. The van der Waals surface area contributed by atoms with Gasteiger partial charge in [0.2, 0.25) is 11.7 Å². The molecule has 5 heterocycles. The summed E-state index contributed by atoms with van der Waals surface area (Å²) in [5, 5.41) is 8.47. The van der Waals surface area contributed by atoms with Crippen molar-refractivity contribution in [3.05, 3.63) is 164 Å². The zero-order valence-electron chi connectivity index (χ0n) is 29.1. The van der Waals surface area contributed by atoms with Crippen molar-refractivity contribution in [1.82, 2.24) is 24.5 Å². The Morgan fingerprint density at radius 2 is 1.15 bits per heavy atom. The summed E-state index contributed by atoms with van der Waals surface area (Å²) in [6.07, 6.45) is 1.75. The zero-order chi connectivity index (χ0) is 36.0. The van der Waals surface area contributed by atoms with Crippen LogP contribution in [0, 0.1) is 0 Å². The molecule has 0 atom stereocenters. The average molecular weight is 706 g/mol. The minimum absolute atomic E-state index is 0.510. The predicted octanol–water partition coefficient (Wildman–Crippen LogP) is 12.3. The molecule has 256 valence electrons. The Hall–Kier alpha value is -7.64. The first-order valence-corrected chi connectivity index (χ1v) is 18.2. The van der Waals surface area contributed by atoms with Crippen molar-refractivity contribution in [3.8, 4) is 39.9 Å². The van der Waals surface area contributed by atoms with Crippen LogP contribution in [0.5, 0.6) is 0 Å². The van der Waals surface area contributed by atoms with Crippen LogP contribution in [0.4, 0.5) is 0 Å². The number of fused-ring (bicyclic) bond motifs is 10. The first-order valence-electron chi connectivity index (χ1n) is 18.2. The number of benzene rings is 7. The molecule has 0 aliphatic heterocycles. The van der Waals surface area contributed by atoms with Crippen molar-refractivity contribution in [2.24, 2.45) is 0 Å². The molecule has 0 spiro atoms. The molecule has 0 saturated carbocycles. The second kappa shape index (κ2) is 11.4. The topological polar surface area (TPSA) is 82.8 Å². The lowest BCUT2D eigenvalue weighted by molar-refractivity contribution is 0.654. The standard InChI is InChI=1S/C48H27N5O2/c1-2-11-29-26-31(21-20-28(29)10-1)45-50-46(38-24-25-49-47-43(38)37-14-5-8-19-42(37)55-47)52-48(51-45)53-39-17-6-3-12-33(39)34-23-22-30(27-40(34)53)32-15-9-16-36-35-13-4-7-18-41(35)54-44(32)36/h1-27H. The molecule has 0 fully saturated rings. The third-order valence-electron chi connectivity index (χ3n) is 10.7. The van der Waals surface area contributed by atoms with E-state index in [1.54, 1.807) is 6.20 Å². The van der Waals surface area contributed by atoms with E-state index in [1.165, 1.54) is 0 Å². The number of furan rings is 2. The van der Waals surface area contributed by atoms with Crippen LogP contribution in [0.3, 0.4) is 0 Å². The summed E-state index contributed by atoms with van der Waals surface area (Å²) in [5.41, 5.74) is 8.76. The molecule has 0 radical (unpaired) electrons. The van der Waals surface area contributed by atoms with Crippen LogP contribution < -0.4 is 0 Å². The fourth-order valence-corrected chi connectivity index (χ4v) is 8.20. The van der Waals surface area contributed by atoms with Gasteiger partial charge in [-0.2, -0.15) is 9.97 Å². The lowest BCUT2D eigenvalue weighted by atomic mass is 10.0. The van der Waals surface area contributed by atoms with Crippen molar-refractivity contribution in [2.45, 2.75) is 0 Å². The number of hydrogen-bond acceptors (Lipinski definition) is 6. The minimum atomic E-state index is 0.510. The van der Waals surface area contributed by atoms with Crippen molar-refractivity contribution in [2.75, 3.05) is 0 Å². The molecular weight excluding hydrogens is 679 g/mol. The number of hydrogen-bond donors (Lipinski definition) is 0. The number of para-hydroxylation sites is 4. The van der Waals surface area contributed by atoms with Gasteiger partial charge in [0, 0.05) is 49.8 Å². The van der Waals surface area contributed by atoms with E-state index in [4.69, 9.17) is 23.8 Å². The third kappa shape index (κ3) is 4.50. The first-order chi connectivity index (χ1) is 27.2. The maximum Gasteiger partial charge on any atom is 0.238 e. The highest BCUT2D eigenvalue weighted by Crippen LogP contribution is 2.40. The third-order valence-corrected chi connectivity index (χ3v) is 10.7. The van der Waals surface area contributed by atoms with E-state index in [0.29, 0.717) is 23.3 Å². The van der Waals surface area contributed by atoms with Crippen molar-refractivity contribution >= 4 is 76.6 Å². The molecule has 0 saturated heterocycles. The number of rotatable bonds is 4. The van der Waals surface area contributed by atoms with Gasteiger partial charge in [0.15, 0.2) is 11.6 Å². The summed E-state index contributed by atoms with van der Waals surface area (Å²) in [4.78, 5) is 20.4. The monoisotopic (exact) mass is 705 g/mol. The molecule has 0 bridgehead atoms. The van der Waals surface area contributed by atoms with Gasteiger partial charge in [-0.25, -0.2) is 9.97 Å². The fraction of sp³-hybridized carbons (Fsp3) is 0. The molecular formula is C48H27N5O2. The van der Waals surface area contributed by atoms with Gasteiger partial charge in [0.05, 0.1) is 16.4 Å². The Labute approximate surface area is 312 Å². The molecule has 0 N–H and O–H groups in total. The summed E-state index contributed by atoms with van der Waals surface area (Å²) in [5.74, 6) is 1.61. The highest BCUT2D eigenvalue weighted by atomic mass is 16.3. The summed E-state index contributed by atoms with van der Waals surface area (Å²) in [6, 6.07) is 54.2. The van der Waals surface area contributed by atoms with Crippen LogP contribution in [-0.4, -0.2) is 24.5 Å². The van der Waals surface area contributed by atoms with Crippen molar-refractivity contribution in [1.29, 1.82) is 0 Å². The van der Waals surface area contributed by atoms with E-state index in [-0.39, 0.29) is 0 Å². The fourth-order valence-electron chi connectivity index (χ4n) is 8.20. The van der Waals surface area contributed by atoms with Gasteiger partial charge in [-0.1, -0.05) is 121 Å². The van der Waals surface area contributed by atoms with Gasteiger partial charge in [0.1, 0.15) is 16.7 Å². The molecule has 0 aliphatic carbocycles. The quantitative estimate of drug-likeness (QED) is 0.181. The first kappa shape index (κ1) is 29.9. The molecule has 7 aromatic carbocycles. The number of aromatic nitrogens is 5. The Morgan fingerprint density at radius 1 is 0.436 bits per heavy atom. The zero-order valence-corrected chi connectivity index (χ0v) is 29.1. The van der Waals surface area contributed by atoms with Crippen LogP contribution >= 0.6 is 0 Å². The Balaban J connectivity index is 1.15. The van der Waals surface area contributed by atoms with Crippen LogP contribution in [0.2, 0.25) is 0 Å². The largest absolute Gasteiger partial charge is 0.455 e. The van der Waals surface area contributed by atoms with E-state index in [9.17, 15) is 0 Å². The highest BCUT2D eigenvalue weighted by molar-refractivity contribution is 6.13. The normalized spacial score (nSPS) is 12.0. The Morgan fingerprint density at radius 3 is 2.05 bits per heavy atom. The van der Waals surface area contributed by atoms with E-state index in [1.807, 2.05) is 36.4 Å². The summed E-state index contributed by atoms with van der Waals surface area (Å²) < 4.78 is 14.9. The van der Waals surface area contributed by atoms with Crippen LogP contribution in [-0.2, 0) is 0 Å². The molecule has 12 rings (SSSR count). The predicted molar refractivity (Wildman–Crippen MR) is 220 cm³/mol. The number of pyridine rings is 1. The Bertz CT molecular complexity index is 3520. The molecule has 7 nitrogen and oxygen atoms in total. The van der Waals surface area contributed by atoms with E-state index in [0.717, 1.165) is 93.1 Å². The molecule has 7 heteroatoms. The maximum absolute atomic E-state index is 6.49. The van der Waals surface area contributed by atoms with Crippen molar-refractivity contribution in [3.63, 3.8) is 0 Å². The van der Waals surface area contributed by atoms with Crippen LogP contribution in [0.25, 0.3) is 116 Å². The lowest BCUT2D eigenvalue weighted by Crippen LogP contribution is -2.06. The van der Waals surface area contributed by atoms with Gasteiger partial charge in [-0.15, -0.1) is 0 Å². The highest BCUT2D eigenvalue weighted by Gasteiger charge is 2.22. The Kier molecular flexibility index (Phi) is 6.21. The lowest BCUT2D eigenvalue weighted by Gasteiger charge is -2.12. The van der Waals surface area contributed by atoms with Gasteiger partial charge < -0.3 is 8.83 Å². The van der Waals surface area contributed by atoms with Crippen molar-refractivity contribution < 1.29 is 8.83 Å². The number of nitrogens with zero attached hydrogens (tertiary/aromatic N) is 5. The van der Waals surface area contributed by atoms with Gasteiger partial charge in [-0.3, -0.25) is 4.57 Å². The molecule has 0 unspecified atom stereocenters. The van der Waals surface area contributed by atoms with Crippen LogP contribution in [0.1, 0.15) is 0 Å². The van der Waals surface area contributed by atoms with E-state index in [2.05, 4.69) is 131 Å². The molecule has 12 aromatic rings. The summed E-state index contributed by atoms with van der Waals surface area (Å²) >= 11 is 0. The molecule has 0 aliphatic rings. The van der Waals surface area contributed by atoms with Gasteiger partial charge in [0.25, 0.3) is 0 Å². The molecule has 5 aromatic heterocycles. The second-order valence-electron chi connectivity index (χ2n) is 13.8. The average Bonchev–Trinajstić information content (AvgIpc) is 3.93. The van der Waals surface area contributed by atoms with Gasteiger partial charge in [-0.05, 0) is 52.7 Å². The molecule has 55 heavy (non-hydrogen) atoms. The van der Waals surface area contributed by atoms with E-state index >= 15 is 0 Å². The molecule has 0 amide bonds. The van der Waals surface area contributed by atoms with Gasteiger partial charge >= 0.3 is 0 Å². The van der Waals surface area contributed by atoms with Crippen LogP contribution in [0.15, 0.2) is 173 Å². The summed E-state index contributed by atoms with van der Waals surface area (Å²) in [6.45, 7) is 0. The second-order valence-corrected chi connectivity index (χ2v) is 13.8. The minimum Gasteiger partial charge on any atom is -0.455 e. The maximum atomic E-state index is 6.49.